The second kappa shape index (κ2) is 6.01. The molecule has 18 heavy (non-hydrogen) atoms. The van der Waals surface area contributed by atoms with Gasteiger partial charge in [-0.1, -0.05) is 36.8 Å². The van der Waals surface area contributed by atoms with Gasteiger partial charge in [0.2, 0.25) is 0 Å². The lowest BCUT2D eigenvalue weighted by Crippen LogP contribution is -2.38. The molecule has 0 spiro atoms. The molecule has 100 valence electrons. The molecule has 2 unspecified atom stereocenters. The van der Waals surface area contributed by atoms with Crippen molar-refractivity contribution in [1.82, 2.24) is 0 Å². The Bertz CT molecular complexity index is 393. The quantitative estimate of drug-likeness (QED) is 0.817. The number of benzene rings is 1. The molecule has 1 aromatic carbocycles. The second-order valence-electron chi connectivity index (χ2n) is 4.73. The maximum Gasteiger partial charge on any atom is 0.312 e. The molecule has 0 saturated heterocycles. The van der Waals surface area contributed by atoms with Gasteiger partial charge in [0, 0.05) is 0 Å². The van der Waals surface area contributed by atoms with Crippen LogP contribution in [-0.4, -0.2) is 17.7 Å². The lowest BCUT2D eigenvalue weighted by molar-refractivity contribution is -0.158. The van der Waals surface area contributed by atoms with Crippen molar-refractivity contribution >= 4 is 5.97 Å². The van der Waals surface area contributed by atoms with Crippen molar-refractivity contribution in [2.24, 2.45) is 5.92 Å². The van der Waals surface area contributed by atoms with Crippen LogP contribution >= 0.6 is 0 Å². The van der Waals surface area contributed by atoms with E-state index in [1.54, 1.807) is 13.8 Å². The highest BCUT2D eigenvalue weighted by molar-refractivity contribution is 5.74. The molecule has 0 aliphatic rings. The van der Waals surface area contributed by atoms with Crippen molar-refractivity contribution < 1.29 is 14.6 Å². The van der Waals surface area contributed by atoms with Gasteiger partial charge in [-0.05, 0) is 32.8 Å². The Morgan fingerprint density at radius 3 is 2.33 bits per heavy atom. The van der Waals surface area contributed by atoms with Crippen LogP contribution in [0.1, 0.15) is 38.3 Å². The van der Waals surface area contributed by atoms with Gasteiger partial charge in [-0.15, -0.1) is 0 Å². The summed E-state index contributed by atoms with van der Waals surface area (Å²) < 4.78 is 5.03. The number of hydrogen-bond acceptors (Lipinski definition) is 3. The van der Waals surface area contributed by atoms with Crippen LogP contribution in [0.2, 0.25) is 0 Å². The van der Waals surface area contributed by atoms with Crippen molar-refractivity contribution in [3.63, 3.8) is 0 Å². The summed E-state index contributed by atoms with van der Waals surface area (Å²) >= 11 is 0. The lowest BCUT2D eigenvalue weighted by atomic mass is 9.81. The molecule has 0 fully saturated rings. The van der Waals surface area contributed by atoms with Gasteiger partial charge in [0.1, 0.15) is 5.60 Å². The van der Waals surface area contributed by atoms with E-state index in [4.69, 9.17) is 4.74 Å². The fraction of sp³-hybridized carbons (Fsp3) is 0.533. The predicted molar refractivity (Wildman–Crippen MR) is 71.2 cm³/mol. The summed E-state index contributed by atoms with van der Waals surface area (Å²) in [5.41, 5.74) is 0.668. The van der Waals surface area contributed by atoms with Crippen molar-refractivity contribution in [3.05, 3.63) is 35.4 Å². The van der Waals surface area contributed by atoms with E-state index in [0.29, 0.717) is 13.0 Å². The topological polar surface area (TPSA) is 46.5 Å². The van der Waals surface area contributed by atoms with Crippen molar-refractivity contribution in [2.75, 3.05) is 6.61 Å². The number of aryl methyl sites for hydroxylation is 1. The summed E-state index contributed by atoms with van der Waals surface area (Å²) in [6.45, 7) is 7.64. The monoisotopic (exact) mass is 250 g/mol. The first-order chi connectivity index (χ1) is 8.43. The zero-order valence-electron chi connectivity index (χ0n) is 11.6. The molecule has 3 heteroatoms. The Labute approximate surface area is 109 Å². The van der Waals surface area contributed by atoms with Crippen LogP contribution in [0.4, 0.5) is 0 Å². The zero-order chi connectivity index (χ0) is 13.8. The minimum atomic E-state index is -1.20. The molecular weight excluding hydrogens is 228 g/mol. The predicted octanol–water partition coefficient (Wildman–Crippen LogP) is 2.79. The van der Waals surface area contributed by atoms with Crippen molar-refractivity contribution in [3.8, 4) is 0 Å². The largest absolute Gasteiger partial charge is 0.466 e. The number of hydrogen-bond donors (Lipinski definition) is 1. The smallest absolute Gasteiger partial charge is 0.312 e. The Hall–Kier alpha value is -1.35. The second-order valence-corrected chi connectivity index (χ2v) is 4.73. The Morgan fingerprint density at radius 2 is 1.89 bits per heavy atom. The Kier molecular flexibility index (Phi) is 4.91. The summed E-state index contributed by atoms with van der Waals surface area (Å²) in [5, 5.41) is 10.6. The summed E-state index contributed by atoms with van der Waals surface area (Å²) in [5.74, 6) is -0.884. The number of aliphatic hydroxyl groups is 1. The molecule has 0 amide bonds. The van der Waals surface area contributed by atoms with Crippen LogP contribution in [-0.2, 0) is 15.1 Å². The van der Waals surface area contributed by atoms with E-state index in [0.717, 1.165) is 11.1 Å². The number of esters is 1. The van der Waals surface area contributed by atoms with E-state index in [2.05, 4.69) is 0 Å². The third-order valence-corrected chi connectivity index (χ3v) is 3.29. The molecule has 1 N–H and O–H groups in total. The number of carbonyl (C=O) groups is 1. The van der Waals surface area contributed by atoms with Crippen LogP contribution in [0, 0.1) is 12.8 Å². The molecular formula is C15H22O3. The van der Waals surface area contributed by atoms with Gasteiger partial charge in [-0.2, -0.15) is 0 Å². The standard InChI is InChI=1S/C15H22O3/c1-5-13(14(16)18-6-2)15(4,17)12-9-7-11(3)8-10-12/h7-10,13,17H,5-6H2,1-4H3. The van der Waals surface area contributed by atoms with Gasteiger partial charge in [-0.25, -0.2) is 0 Å². The van der Waals surface area contributed by atoms with E-state index in [9.17, 15) is 9.90 Å². The molecule has 2 atom stereocenters. The molecule has 0 heterocycles. The minimum Gasteiger partial charge on any atom is -0.466 e. The van der Waals surface area contributed by atoms with E-state index in [1.165, 1.54) is 0 Å². The Balaban J connectivity index is 3.01. The van der Waals surface area contributed by atoms with Gasteiger partial charge in [0.25, 0.3) is 0 Å². The summed E-state index contributed by atoms with van der Waals surface area (Å²) in [4.78, 5) is 11.9. The van der Waals surface area contributed by atoms with Crippen LogP contribution < -0.4 is 0 Å². The molecule has 0 bridgehead atoms. The normalized spacial score (nSPS) is 15.8. The average molecular weight is 250 g/mol. The van der Waals surface area contributed by atoms with Crippen molar-refractivity contribution in [1.29, 1.82) is 0 Å². The van der Waals surface area contributed by atoms with Gasteiger partial charge >= 0.3 is 5.97 Å². The first-order valence-corrected chi connectivity index (χ1v) is 6.39. The van der Waals surface area contributed by atoms with Gasteiger partial charge in [0.05, 0.1) is 12.5 Å². The van der Waals surface area contributed by atoms with E-state index >= 15 is 0 Å². The molecule has 1 rings (SSSR count). The van der Waals surface area contributed by atoms with Gasteiger partial charge < -0.3 is 9.84 Å². The minimum absolute atomic E-state index is 0.333. The van der Waals surface area contributed by atoms with E-state index in [-0.39, 0.29) is 5.97 Å². The molecule has 1 aromatic rings. The summed E-state index contributed by atoms with van der Waals surface area (Å²) in [6.07, 6.45) is 0.541. The lowest BCUT2D eigenvalue weighted by Gasteiger charge is -2.31. The number of carbonyl (C=O) groups excluding carboxylic acids is 1. The summed E-state index contributed by atoms with van der Waals surface area (Å²) in [7, 11) is 0. The van der Waals surface area contributed by atoms with Gasteiger partial charge in [-0.3, -0.25) is 4.79 Å². The molecule has 0 aromatic heterocycles. The number of rotatable bonds is 5. The Morgan fingerprint density at radius 1 is 1.33 bits per heavy atom. The first kappa shape index (κ1) is 14.7. The molecule has 0 radical (unpaired) electrons. The van der Waals surface area contributed by atoms with E-state index < -0.39 is 11.5 Å². The highest BCUT2D eigenvalue weighted by Crippen LogP contribution is 2.32. The SMILES string of the molecule is CCOC(=O)C(CC)C(C)(O)c1ccc(C)cc1. The molecule has 3 nitrogen and oxygen atoms in total. The summed E-state index contributed by atoms with van der Waals surface area (Å²) in [6, 6.07) is 7.58. The molecule has 0 aliphatic carbocycles. The third-order valence-electron chi connectivity index (χ3n) is 3.29. The third kappa shape index (κ3) is 3.10. The number of ether oxygens (including phenoxy) is 1. The van der Waals surface area contributed by atoms with Crippen LogP contribution in [0.15, 0.2) is 24.3 Å². The van der Waals surface area contributed by atoms with Crippen LogP contribution in [0.25, 0.3) is 0 Å². The van der Waals surface area contributed by atoms with Gasteiger partial charge in [0.15, 0.2) is 0 Å². The fourth-order valence-electron chi connectivity index (χ4n) is 2.13. The molecule has 0 aliphatic heterocycles. The maximum absolute atomic E-state index is 11.9. The molecule has 0 saturated carbocycles. The maximum atomic E-state index is 11.9. The van der Waals surface area contributed by atoms with Crippen LogP contribution in [0.3, 0.4) is 0 Å². The van der Waals surface area contributed by atoms with E-state index in [1.807, 2.05) is 38.1 Å². The highest BCUT2D eigenvalue weighted by atomic mass is 16.5. The highest BCUT2D eigenvalue weighted by Gasteiger charge is 2.38. The zero-order valence-corrected chi connectivity index (χ0v) is 11.6. The average Bonchev–Trinajstić information content (AvgIpc) is 2.30. The first-order valence-electron chi connectivity index (χ1n) is 6.39. The van der Waals surface area contributed by atoms with Crippen LogP contribution in [0.5, 0.6) is 0 Å². The van der Waals surface area contributed by atoms with Crippen molar-refractivity contribution in [2.45, 2.75) is 39.7 Å². The fourth-order valence-corrected chi connectivity index (χ4v) is 2.13.